The highest BCUT2D eigenvalue weighted by molar-refractivity contribution is 6.31. The first kappa shape index (κ1) is 7.58. The van der Waals surface area contributed by atoms with Crippen LogP contribution in [0.2, 0.25) is 5.02 Å². The largest absolute Gasteiger partial charge is 0.441 e. The molecule has 0 radical (unpaired) electrons. The summed E-state index contributed by atoms with van der Waals surface area (Å²) in [5, 5.41) is 1.50. The van der Waals surface area contributed by atoms with E-state index in [1.54, 1.807) is 12.3 Å². The molecule has 62 valence electrons. The molecule has 0 saturated carbocycles. The fraction of sp³-hybridized carbons (Fsp3) is 0.125. The smallest absolute Gasteiger partial charge is 0.226 e. The molecule has 0 aliphatic heterocycles. The number of hydrogen-bond acceptors (Lipinski definition) is 3. The van der Waals surface area contributed by atoms with Gasteiger partial charge >= 0.3 is 0 Å². The number of pyridine rings is 1. The molecule has 0 spiro atoms. The van der Waals surface area contributed by atoms with Gasteiger partial charge in [-0.1, -0.05) is 11.6 Å². The summed E-state index contributed by atoms with van der Waals surface area (Å²) in [6.07, 6.45) is 1.55. The van der Waals surface area contributed by atoms with Gasteiger partial charge in [0.2, 0.25) is 5.71 Å². The number of hydrogen-bond donors (Lipinski definition) is 1. The van der Waals surface area contributed by atoms with Gasteiger partial charge in [-0.15, -0.1) is 0 Å². The fourth-order valence-electron chi connectivity index (χ4n) is 1.06. The van der Waals surface area contributed by atoms with E-state index in [4.69, 9.17) is 21.8 Å². The summed E-state index contributed by atoms with van der Waals surface area (Å²) in [6.45, 7) is 0.383. The average Bonchev–Trinajstić information content (AvgIpc) is 2.46. The summed E-state index contributed by atoms with van der Waals surface area (Å²) in [5.74, 6) is 0.722. The van der Waals surface area contributed by atoms with Crippen LogP contribution in [0.1, 0.15) is 5.76 Å². The zero-order chi connectivity index (χ0) is 8.55. The molecule has 2 heterocycles. The Morgan fingerprint density at radius 1 is 1.50 bits per heavy atom. The Labute approximate surface area is 74.1 Å². The van der Waals surface area contributed by atoms with Gasteiger partial charge < -0.3 is 10.2 Å². The van der Waals surface area contributed by atoms with Crippen LogP contribution < -0.4 is 5.73 Å². The lowest BCUT2D eigenvalue weighted by Gasteiger charge is -1.86. The molecule has 0 aliphatic carbocycles. The van der Waals surface area contributed by atoms with Gasteiger partial charge in [-0.2, -0.15) is 0 Å². The van der Waals surface area contributed by atoms with E-state index in [0.29, 0.717) is 17.3 Å². The van der Waals surface area contributed by atoms with Crippen molar-refractivity contribution in [1.82, 2.24) is 4.98 Å². The normalized spacial score (nSPS) is 10.8. The molecule has 0 unspecified atom stereocenters. The first-order valence-corrected chi connectivity index (χ1v) is 3.91. The Morgan fingerprint density at radius 2 is 2.33 bits per heavy atom. The van der Waals surface area contributed by atoms with Gasteiger partial charge in [0.25, 0.3) is 0 Å². The van der Waals surface area contributed by atoms with Gasteiger partial charge in [0.05, 0.1) is 11.6 Å². The molecule has 2 N–H and O–H groups in total. The summed E-state index contributed by atoms with van der Waals surface area (Å²) in [4.78, 5) is 4.00. The predicted molar refractivity (Wildman–Crippen MR) is 46.9 cm³/mol. The molecule has 4 heteroatoms. The Bertz CT molecular complexity index is 410. The van der Waals surface area contributed by atoms with E-state index in [1.165, 1.54) is 0 Å². The second-order valence-corrected chi connectivity index (χ2v) is 2.90. The van der Waals surface area contributed by atoms with Crippen LogP contribution in [0.4, 0.5) is 0 Å². The van der Waals surface area contributed by atoms with Crippen LogP contribution in [-0.4, -0.2) is 4.98 Å². The maximum atomic E-state index is 5.74. The van der Waals surface area contributed by atoms with Crippen molar-refractivity contribution in [2.45, 2.75) is 6.54 Å². The molecule has 0 atom stereocenters. The maximum absolute atomic E-state index is 5.74. The first-order chi connectivity index (χ1) is 5.79. The molecule has 0 saturated heterocycles. The van der Waals surface area contributed by atoms with E-state index in [9.17, 15) is 0 Å². The van der Waals surface area contributed by atoms with Crippen LogP contribution in [0.3, 0.4) is 0 Å². The average molecular weight is 183 g/mol. The molecular weight excluding hydrogens is 176 g/mol. The summed E-state index contributed by atoms with van der Waals surface area (Å²) >= 11 is 5.74. The van der Waals surface area contributed by atoms with Crippen LogP contribution in [0.15, 0.2) is 22.7 Å². The topological polar surface area (TPSA) is 52.0 Å². The van der Waals surface area contributed by atoms with Gasteiger partial charge in [-0.3, -0.25) is 0 Å². The molecule has 3 nitrogen and oxygen atoms in total. The second kappa shape index (κ2) is 2.77. The highest BCUT2D eigenvalue weighted by Crippen LogP contribution is 2.19. The minimum atomic E-state index is 0.383. The standard InChI is InChI=1S/C8H7ClN2O/c9-6-1-5-2-7(3-10)12-8(5)11-4-6/h1-2,4H,3,10H2. The monoisotopic (exact) mass is 182 g/mol. The summed E-state index contributed by atoms with van der Waals surface area (Å²) < 4.78 is 5.28. The third-order valence-electron chi connectivity index (χ3n) is 1.59. The molecule has 2 aromatic heterocycles. The van der Waals surface area contributed by atoms with Gasteiger partial charge in [0, 0.05) is 11.6 Å². The molecule has 0 aliphatic rings. The van der Waals surface area contributed by atoms with Crippen molar-refractivity contribution < 1.29 is 4.42 Å². The molecule has 2 rings (SSSR count). The van der Waals surface area contributed by atoms with Crippen molar-refractivity contribution in [3.05, 3.63) is 29.1 Å². The molecule has 0 amide bonds. The van der Waals surface area contributed by atoms with E-state index >= 15 is 0 Å². The van der Waals surface area contributed by atoms with Gasteiger partial charge in [0.1, 0.15) is 5.76 Å². The SMILES string of the molecule is NCc1cc2cc(Cl)cnc2o1. The maximum Gasteiger partial charge on any atom is 0.226 e. The zero-order valence-corrected chi connectivity index (χ0v) is 7.01. The van der Waals surface area contributed by atoms with Crippen LogP contribution in [0, 0.1) is 0 Å². The van der Waals surface area contributed by atoms with Crippen molar-refractivity contribution in [3.8, 4) is 0 Å². The Balaban J connectivity index is 2.67. The van der Waals surface area contributed by atoms with Crippen molar-refractivity contribution in [1.29, 1.82) is 0 Å². The van der Waals surface area contributed by atoms with Gasteiger partial charge in [-0.25, -0.2) is 4.98 Å². The fourth-order valence-corrected chi connectivity index (χ4v) is 1.23. The van der Waals surface area contributed by atoms with Crippen LogP contribution in [0.5, 0.6) is 0 Å². The highest BCUT2D eigenvalue weighted by atomic mass is 35.5. The first-order valence-electron chi connectivity index (χ1n) is 3.53. The number of rotatable bonds is 1. The lowest BCUT2D eigenvalue weighted by molar-refractivity contribution is 0.543. The number of halogens is 1. The van der Waals surface area contributed by atoms with E-state index in [-0.39, 0.29) is 0 Å². The number of aromatic nitrogens is 1. The summed E-state index contributed by atoms with van der Waals surface area (Å²) in [7, 11) is 0. The summed E-state index contributed by atoms with van der Waals surface area (Å²) in [5.41, 5.74) is 5.98. The number of fused-ring (bicyclic) bond motifs is 1. The van der Waals surface area contributed by atoms with Crippen molar-refractivity contribution >= 4 is 22.7 Å². The Hall–Kier alpha value is -1.06. The van der Waals surface area contributed by atoms with Crippen LogP contribution >= 0.6 is 11.6 Å². The molecular formula is C8H7ClN2O. The van der Waals surface area contributed by atoms with Crippen LogP contribution in [-0.2, 0) is 6.54 Å². The van der Waals surface area contributed by atoms with Gasteiger partial charge in [-0.05, 0) is 12.1 Å². The number of nitrogens with zero attached hydrogens (tertiary/aromatic N) is 1. The molecule has 12 heavy (non-hydrogen) atoms. The number of furan rings is 1. The van der Waals surface area contributed by atoms with Crippen molar-refractivity contribution in [2.75, 3.05) is 0 Å². The predicted octanol–water partition coefficient (Wildman–Crippen LogP) is 1.94. The minimum absolute atomic E-state index is 0.383. The molecule has 0 fully saturated rings. The quantitative estimate of drug-likeness (QED) is 0.734. The van der Waals surface area contributed by atoms with E-state index in [0.717, 1.165) is 11.1 Å². The lowest BCUT2D eigenvalue weighted by Crippen LogP contribution is -1.92. The van der Waals surface area contributed by atoms with Gasteiger partial charge in [0.15, 0.2) is 0 Å². The third-order valence-corrected chi connectivity index (χ3v) is 1.80. The van der Waals surface area contributed by atoms with E-state index in [2.05, 4.69) is 4.98 Å². The number of nitrogens with two attached hydrogens (primary N) is 1. The molecule has 2 aromatic rings. The zero-order valence-electron chi connectivity index (χ0n) is 6.25. The Morgan fingerprint density at radius 3 is 3.08 bits per heavy atom. The lowest BCUT2D eigenvalue weighted by atomic mass is 10.3. The summed E-state index contributed by atoms with van der Waals surface area (Å²) in [6, 6.07) is 3.64. The van der Waals surface area contributed by atoms with Crippen molar-refractivity contribution in [2.24, 2.45) is 5.73 Å². The van der Waals surface area contributed by atoms with Crippen molar-refractivity contribution in [3.63, 3.8) is 0 Å². The Kier molecular flexibility index (Phi) is 1.75. The molecule has 0 bridgehead atoms. The van der Waals surface area contributed by atoms with Crippen LogP contribution in [0.25, 0.3) is 11.1 Å². The van der Waals surface area contributed by atoms with E-state index in [1.807, 2.05) is 6.07 Å². The second-order valence-electron chi connectivity index (χ2n) is 2.46. The minimum Gasteiger partial charge on any atom is -0.441 e. The van der Waals surface area contributed by atoms with E-state index < -0.39 is 0 Å². The third kappa shape index (κ3) is 1.17. The molecule has 0 aromatic carbocycles. The highest BCUT2D eigenvalue weighted by Gasteiger charge is 2.02.